The van der Waals surface area contributed by atoms with Gasteiger partial charge in [0.15, 0.2) is 0 Å². The standard InChI is InChI=1S/C13H17N3O3S/c1-2-19-13(18)11-8-20-6-5-16(11)12(17)10-4-3-9(14)7-15-10/h3-4,7,11H,2,5-6,8,14H2,1H3. The van der Waals surface area contributed by atoms with Gasteiger partial charge in [-0.1, -0.05) is 0 Å². The molecule has 1 saturated heterocycles. The third-order valence-electron chi connectivity index (χ3n) is 2.95. The fourth-order valence-electron chi connectivity index (χ4n) is 1.96. The zero-order valence-electron chi connectivity index (χ0n) is 11.2. The predicted molar refractivity (Wildman–Crippen MR) is 77.4 cm³/mol. The van der Waals surface area contributed by atoms with E-state index in [1.807, 2.05) is 0 Å². The molecule has 2 rings (SSSR count). The molecule has 108 valence electrons. The number of hydrogen-bond acceptors (Lipinski definition) is 6. The van der Waals surface area contributed by atoms with Gasteiger partial charge in [-0.05, 0) is 19.1 Å². The van der Waals surface area contributed by atoms with Gasteiger partial charge >= 0.3 is 5.97 Å². The highest BCUT2D eigenvalue weighted by molar-refractivity contribution is 7.99. The number of hydrogen-bond donors (Lipinski definition) is 1. The molecular weight excluding hydrogens is 278 g/mol. The summed E-state index contributed by atoms with van der Waals surface area (Å²) < 4.78 is 5.03. The van der Waals surface area contributed by atoms with Gasteiger partial charge in [0.25, 0.3) is 5.91 Å². The molecule has 0 saturated carbocycles. The Morgan fingerprint density at radius 2 is 2.35 bits per heavy atom. The summed E-state index contributed by atoms with van der Waals surface area (Å²) in [4.78, 5) is 29.9. The number of carbonyl (C=O) groups is 2. The van der Waals surface area contributed by atoms with Gasteiger partial charge in [0.2, 0.25) is 0 Å². The van der Waals surface area contributed by atoms with Crippen molar-refractivity contribution in [1.29, 1.82) is 0 Å². The van der Waals surface area contributed by atoms with Crippen LogP contribution in [-0.4, -0.2) is 52.5 Å². The second kappa shape index (κ2) is 6.60. The summed E-state index contributed by atoms with van der Waals surface area (Å²) in [7, 11) is 0. The highest BCUT2D eigenvalue weighted by Gasteiger charge is 2.34. The van der Waals surface area contributed by atoms with Crippen LogP contribution in [0.25, 0.3) is 0 Å². The normalized spacial score (nSPS) is 18.6. The number of anilines is 1. The number of carbonyl (C=O) groups excluding carboxylic acids is 2. The number of nitrogens with two attached hydrogens (primary N) is 1. The van der Waals surface area contributed by atoms with E-state index in [1.54, 1.807) is 30.8 Å². The summed E-state index contributed by atoms with van der Waals surface area (Å²) in [5, 5.41) is 0. The molecule has 2 heterocycles. The molecule has 1 unspecified atom stereocenters. The third-order valence-corrected chi connectivity index (χ3v) is 3.98. The second-order valence-corrected chi connectivity index (χ2v) is 5.47. The zero-order valence-corrected chi connectivity index (χ0v) is 12.1. The number of aromatic nitrogens is 1. The van der Waals surface area contributed by atoms with E-state index in [9.17, 15) is 9.59 Å². The SMILES string of the molecule is CCOC(=O)C1CSCCN1C(=O)c1ccc(N)cn1. The molecule has 1 aliphatic heterocycles. The Labute approximate surface area is 121 Å². The van der Waals surface area contributed by atoms with E-state index in [-0.39, 0.29) is 11.9 Å². The van der Waals surface area contributed by atoms with Crippen LogP contribution >= 0.6 is 11.8 Å². The van der Waals surface area contributed by atoms with E-state index in [1.165, 1.54) is 11.1 Å². The first-order chi connectivity index (χ1) is 9.63. The van der Waals surface area contributed by atoms with Crippen LogP contribution in [0.15, 0.2) is 18.3 Å². The lowest BCUT2D eigenvalue weighted by atomic mass is 10.2. The summed E-state index contributed by atoms with van der Waals surface area (Å²) in [6.07, 6.45) is 1.44. The molecule has 1 aliphatic rings. The number of thioether (sulfide) groups is 1. The molecular formula is C13H17N3O3S. The maximum absolute atomic E-state index is 12.4. The number of nitrogen functional groups attached to an aromatic ring is 1. The lowest BCUT2D eigenvalue weighted by molar-refractivity contribution is -0.147. The molecule has 20 heavy (non-hydrogen) atoms. The largest absolute Gasteiger partial charge is 0.464 e. The average Bonchev–Trinajstić information content (AvgIpc) is 2.47. The first kappa shape index (κ1) is 14.6. The van der Waals surface area contributed by atoms with E-state index < -0.39 is 6.04 Å². The fourth-order valence-corrected chi connectivity index (χ4v) is 2.99. The number of pyridine rings is 1. The highest BCUT2D eigenvalue weighted by atomic mass is 32.2. The molecule has 0 radical (unpaired) electrons. The summed E-state index contributed by atoms with van der Waals surface area (Å²) in [6, 6.07) is 2.65. The molecule has 0 aromatic carbocycles. The average molecular weight is 295 g/mol. The van der Waals surface area contributed by atoms with E-state index in [0.717, 1.165) is 5.75 Å². The van der Waals surface area contributed by atoms with Gasteiger partial charge in [0, 0.05) is 18.1 Å². The van der Waals surface area contributed by atoms with E-state index in [0.29, 0.717) is 30.3 Å². The molecule has 7 heteroatoms. The topological polar surface area (TPSA) is 85.5 Å². The smallest absolute Gasteiger partial charge is 0.329 e. The first-order valence-electron chi connectivity index (χ1n) is 6.40. The molecule has 0 bridgehead atoms. The second-order valence-electron chi connectivity index (χ2n) is 4.32. The lowest BCUT2D eigenvalue weighted by Crippen LogP contribution is -2.51. The summed E-state index contributed by atoms with van der Waals surface area (Å²) in [5.41, 5.74) is 6.35. The minimum atomic E-state index is -0.541. The number of rotatable bonds is 3. The summed E-state index contributed by atoms with van der Waals surface area (Å²) in [5.74, 6) is 0.739. The lowest BCUT2D eigenvalue weighted by Gasteiger charge is -2.33. The first-order valence-corrected chi connectivity index (χ1v) is 7.56. The predicted octanol–water partition coefficient (Wildman–Crippen LogP) is 0.785. The maximum Gasteiger partial charge on any atom is 0.329 e. The molecule has 6 nitrogen and oxygen atoms in total. The number of amides is 1. The third kappa shape index (κ3) is 3.22. The van der Waals surface area contributed by atoms with Crippen molar-refractivity contribution in [2.75, 3.05) is 30.4 Å². The molecule has 0 aliphatic carbocycles. The summed E-state index contributed by atoms with van der Waals surface area (Å²) >= 11 is 1.64. The van der Waals surface area contributed by atoms with Crippen LogP contribution < -0.4 is 5.73 Å². The van der Waals surface area contributed by atoms with Crippen molar-refractivity contribution in [3.63, 3.8) is 0 Å². The molecule has 1 atom stereocenters. The van der Waals surface area contributed by atoms with Gasteiger partial charge in [0.05, 0.1) is 18.5 Å². The Hall–Kier alpha value is -1.76. The van der Waals surface area contributed by atoms with Crippen molar-refractivity contribution in [2.45, 2.75) is 13.0 Å². The van der Waals surface area contributed by atoms with Crippen molar-refractivity contribution in [3.8, 4) is 0 Å². The van der Waals surface area contributed by atoms with E-state index >= 15 is 0 Å². The molecule has 2 N–H and O–H groups in total. The molecule has 0 spiro atoms. The van der Waals surface area contributed by atoms with Crippen molar-refractivity contribution >= 4 is 29.3 Å². The van der Waals surface area contributed by atoms with Crippen molar-refractivity contribution in [1.82, 2.24) is 9.88 Å². The summed E-state index contributed by atoms with van der Waals surface area (Å²) in [6.45, 7) is 2.57. The van der Waals surface area contributed by atoms with Crippen molar-refractivity contribution in [3.05, 3.63) is 24.0 Å². The van der Waals surface area contributed by atoms with Crippen LogP contribution in [-0.2, 0) is 9.53 Å². The van der Waals surface area contributed by atoms with E-state index in [2.05, 4.69) is 4.98 Å². The molecule has 1 amide bonds. The van der Waals surface area contributed by atoms with Gasteiger partial charge in [-0.15, -0.1) is 0 Å². The highest BCUT2D eigenvalue weighted by Crippen LogP contribution is 2.20. The molecule has 1 fully saturated rings. The van der Waals surface area contributed by atoms with Gasteiger partial charge in [0.1, 0.15) is 11.7 Å². The van der Waals surface area contributed by atoms with Crippen LogP contribution in [0.2, 0.25) is 0 Å². The minimum Gasteiger partial charge on any atom is -0.464 e. The number of ether oxygens (including phenoxy) is 1. The van der Waals surface area contributed by atoms with Gasteiger partial charge < -0.3 is 15.4 Å². The van der Waals surface area contributed by atoms with Crippen LogP contribution in [0.5, 0.6) is 0 Å². The fraction of sp³-hybridized carbons (Fsp3) is 0.462. The van der Waals surface area contributed by atoms with Crippen molar-refractivity contribution in [2.24, 2.45) is 0 Å². The Balaban J connectivity index is 2.16. The Morgan fingerprint density at radius 3 is 3.00 bits per heavy atom. The Bertz CT molecular complexity index is 492. The van der Waals surface area contributed by atoms with Crippen LogP contribution in [0.3, 0.4) is 0 Å². The molecule has 1 aromatic heterocycles. The quantitative estimate of drug-likeness (QED) is 0.830. The monoisotopic (exact) mass is 295 g/mol. The van der Waals surface area contributed by atoms with Gasteiger partial charge in [-0.25, -0.2) is 9.78 Å². The molecule has 1 aromatic rings. The van der Waals surface area contributed by atoms with Crippen LogP contribution in [0, 0.1) is 0 Å². The Kier molecular flexibility index (Phi) is 4.84. The zero-order chi connectivity index (χ0) is 14.5. The number of nitrogens with zero attached hydrogens (tertiary/aromatic N) is 2. The van der Waals surface area contributed by atoms with Gasteiger partial charge in [-0.3, -0.25) is 4.79 Å². The van der Waals surface area contributed by atoms with Crippen LogP contribution in [0.4, 0.5) is 5.69 Å². The van der Waals surface area contributed by atoms with Crippen molar-refractivity contribution < 1.29 is 14.3 Å². The van der Waals surface area contributed by atoms with Crippen LogP contribution in [0.1, 0.15) is 17.4 Å². The van der Waals surface area contributed by atoms with Gasteiger partial charge in [-0.2, -0.15) is 11.8 Å². The maximum atomic E-state index is 12.4. The van der Waals surface area contributed by atoms with E-state index in [4.69, 9.17) is 10.5 Å². The number of esters is 1. The minimum absolute atomic E-state index is 0.261. The Morgan fingerprint density at radius 1 is 1.55 bits per heavy atom.